The number of aromatic nitrogens is 1. The lowest BCUT2D eigenvalue weighted by atomic mass is 9.96. The standard InChI is InChI=1S/C20H14F5N3O.C8H15N.C2H6O/c21-7-12-5-1-3-11-4-2-6-13(15(11)12)17-16(22)18-14(8-26-17)19(28-10-27-18)29-9-20(23,24)25;1-8-4-2-6-9(8)7-3-5-8;1-3-2/h1-6,8,27H,7,9-10H2;2-7H2,1H3;1-2H3. The van der Waals surface area contributed by atoms with Crippen molar-refractivity contribution >= 4 is 22.4 Å². The van der Waals surface area contributed by atoms with Gasteiger partial charge in [0.25, 0.3) is 0 Å². The number of hydrogen-bond donors (Lipinski definition) is 1. The zero-order valence-corrected chi connectivity index (χ0v) is 23.5. The molecule has 0 saturated carbocycles. The Bertz CT molecular complexity index is 1360. The topological polar surface area (TPSA) is 59.0 Å². The highest BCUT2D eigenvalue weighted by Crippen LogP contribution is 2.38. The van der Waals surface area contributed by atoms with Gasteiger partial charge in [0.15, 0.2) is 12.4 Å². The van der Waals surface area contributed by atoms with Gasteiger partial charge in [-0.1, -0.05) is 36.4 Å². The second-order valence-electron chi connectivity index (χ2n) is 10.5. The van der Waals surface area contributed by atoms with Gasteiger partial charge in [-0.3, -0.25) is 9.88 Å². The van der Waals surface area contributed by atoms with Gasteiger partial charge >= 0.3 is 6.18 Å². The zero-order valence-electron chi connectivity index (χ0n) is 23.5. The summed E-state index contributed by atoms with van der Waals surface area (Å²) in [4.78, 5) is 10.6. The largest absolute Gasteiger partial charge is 0.468 e. The van der Waals surface area contributed by atoms with Crippen molar-refractivity contribution in [3.63, 3.8) is 0 Å². The number of hydrogen-bond acceptors (Lipinski definition) is 6. The first-order valence-corrected chi connectivity index (χ1v) is 13.5. The number of methoxy groups -OCH3 is 1. The Morgan fingerprint density at radius 1 is 1.02 bits per heavy atom. The van der Waals surface area contributed by atoms with Crippen molar-refractivity contribution in [1.82, 2.24) is 9.88 Å². The molecule has 4 heterocycles. The molecule has 3 aliphatic heterocycles. The summed E-state index contributed by atoms with van der Waals surface area (Å²) in [6, 6.07) is 10.2. The van der Waals surface area contributed by atoms with Crippen LogP contribution in [0.4, 0.5) is 27.6 Å². The Labute approximate surface area is 236 Å². The minimum atomic E-state index is -4.55. The molecule has 0 amide bonds. The number of rotatable bonds is 3. The molecule has 0 radical (unpaired) electrons. The average molecular weight is 579 g/mol. The van der Waals surface area contributed by atoms with Gasteiger partial charge in [0.1, 0.15) is 19.0 Å². The molecule has 6 nitrogen and oxygen atoms in total. The van der Waals surface area contributed by atoms with Crippen LogP contribution in [0.5, 0.6) is 0 Å². The third kappa shape index (κ3) is 6.95. The molecule has 1 N–H and O–H groups in total. The molecular weight excluding hydrogens is 543 g/mol. The maximum absolute atomic E-state index is 15.3. The van der Waals surface area contributed by atoms with Crippen LogP contribution in [-0.4, -0.2) is 68.1 Å². The minimum absolute atomic E-state index is 0.00676. The third-order valence-electron chi connectivity index (χ3n) is 7.54. The normalized spacial score (nSPS) is 17.3. The second-order valence-corrected chi connectivity index (χ2v) is 10.5. The van der Waals surface area contributed by atoms with E-state index in [-0.39, 0.29) is 29.5 Å². The molecule has 3 aromatic rings. The van der Waals surface area contributed by atoms with E-state index >= 15 is 4.39 Å². The minimum Gasteiger partial charge on any atom is -0.468 e. The number of ether oxygens (including phenoxy) is 2. The van der Waals surface area contributed by atoms with E-state index in [0.717, 1.165) is 5.39 Å². The van der Waals surface area contributed by atoms with E-state index in [4.69, 9.17) is 4.74 Å². The van der Waals surface area contributed by atoms with Crippen LogP contribution in [0.2, 0.25) is 0 Å². The number of halogens is 5. The quantitative estimate of drug-likeness (QED) is 0.336. The van der Waals surface area contributed by atoms with E-state index in [1.807, 2.05) is 0 Å². The molecule has 6 rings (SSSR count). The van der Waals surface area contributed by atoms with Gasteiger partial charge in [-0.2, -0.15) is 13.2 Å². The number of fused-ring (bicyclic) bond motifs is 3. The molecular formula is C30H35F5N4O2. The van der Waals surface area contributed by atoms with Gasteiger partial charge in [0.05, 0.1) is 11.3 Å². The van der Waals surface area contributed by atoms with Gasteiger partial charge < -0.3 is 14.8 Å². The first-order chi connectivity index (χ1) is 19.6. The van der Waals surface area contributed by atoms with Crippen LogP contribution < -0.4 is 5.32 Å². The van der Waals surface area contributed by atoms with Crippen LogP contribution in [0, 0.1) is 5.82 Å². The highest BCUT2D eigenvalue weighted by Gasteiger charge is 2.39. The summed E-state index contributed by atoms with van der Waals surface area (Å²) in [5.41, 5.74) is 1.31. The number of alkyl halides is 4. The van der Waals surface area contributed by atoms with Gasteiger partial charge in [-0.25, -0.2) is 13.8 Å². The van der Waals surface area contributed by atoms with Crippen LogP contribution in [0.15, 0.2) is 47.6 Å². The fourth-order valence-corrected chi connectivity index (χ4v) is 5.68. The average Bonchev–Trinajstić information content (AvgIpc) is 3.50. The van der Waals surface area contributed by atoms with Crippen molar-refractivity contribution in [2.24, 2.45) is 4.99 Å². The third-order valence-corrected chi connectivity index (χ3v) is 7.54. The van der Waals surface area contributed by atoms with E-state index in [0.29, 0.717) is 22.1 Å². The number of nitrogens with one attached hydrogen (secondary N) is 1. The van der Waals surface area contributed by atoms with Gasteiger partial charge in [-0.15, -0.1) is 0 Å². The second kappa shape index (κ2) is 13.1. The molecule has 3 aliphatic rings. The summed E-state index contributed by atoms with van der Waals surface area (Å²) in [6.45, 7) is 2.74. The molecule has 2 fully saturated rings. The van der Waals surface area contributed by atoms with Gasteiger partial charge in [-0.05, 0) is 62.0 Å². The van der Waals surface area contributed by atoms with Crippen LogP contribution in [0.25, 0.3) is 22.0 Å². The van der Waals surface area contributed by atoms with Crippen molar-refractivity contribution in [3.8, 4) is 11.3 Å². The van der Waals surface area contributed by atoms with Crippen LogP contribution >= 0.6 is 0 Å². The highest BCUT2D eigenvalue weighted by atomic mass is 19.4. The Morgan fingerprint density at radius 3 is 2.29 bits per heavy atom. The Hall–Kier alpha value is -3.31. The number of anilines is 1. The molecule has 0 aliphatic carbocycles. The van der Waals surface area contributed by atoms with E-state index < -0.39 is 25.3 Å². The fourth-order valence-electron chi connectivity index (χ4n) is 5.68. The predicted octanol–water partition coefficient (Wildman–Crippen LogP) is 7.12. The van der Waals surface area contributed by atoms with Crippen molar-refractivity contribution in [1.29, 1.82) is 0 Å². The summed E-state index contributed by atoms with van der Waals surface area (Å²) in [7, 11) is 3.25. The summed E-state index contributed by atoms with van der Waals surface area (Å²) in [5.74, 6) is -1.11. The number of pyridine rings is 1. The van der Waals surface area contributed by atoms with Crippen molar-refractivity contribution in [3.05, 3.63) is 59.5 Å². The number of benzene rings is 2. The summed E-state index contributed by atoms with van der Waals surface area (Å²) < 4.78 is 75.1. The van der Waals surface area contributed by atoms with Gasteiger partial charge in [0.2, 0.25) is 5.90 Å². The monoisotopic (exact) mass is 578 g/mol. The van der Waals surface area contributed by atoms with Crippen LogP contribution in [-0.2, 0) is 16.1 Å². The lowest BCUT2D eigenvalue weighted by molar-refractivity contribution is -0.156. The summed E-state index contributed by atoms with van der Waals surface area (Å²) >= 11 is 0. The van der Waals surface area contributed by atoms with E-state index in [9.17, 15) is 17.6 Å². The molecule has 0 unspecified atom stereocenters. The molecule has 2 aromatic carbocycles. The van der Waals surface area contributed by atoms with Crippen molar-refractivity contribution < 1.29 is 31.4 Å². The first-order valence-electron chi connectivity index (χ1n) is 13.5. The van der Waals surface area contributed by atoms with E-state index in [1.165, 1.54) is 45.0 Å². The SMILES string of the molecule is CC12CCCN1CCC2.COC.FCc1cccc2cccc(-c3ncc4c(c3F)NCN=C4OCC(F)(F)F)c12. The first kappa shape index (κ1) is 30.6. The molecule has 0 spiro atoms. The molecule has 222 valence electrons. The Morgan fingerprint density at radius 2 is 1.68 bits per heavy atom. The molecule has 1 aromatic heterocycles. The molecule has 2 saturated heterocycles. The zero-order chi connectivity index (χ0) is 29.6. The lowest BCUT2D eigenvalue weighted by Crippen LogP contribution is -2.34. The van der Waals surface area contributed by atoms with Crippen molar-refractivity contribution in [2.45, 2.75) is 51.0 Å². The summed E-state index contributed by atoms with van der Waals surface area (Å²) in [5, 5.41) is 3.96. The Balaban J connectivity index is 0.000000267. The predicted molar refractivity (Wildman–Crippen MR) is 150 cm³/mol. The Kier molecular flexibility index (Phi) is 9.80. The molecule has 11 heteroatoms. The number of nitrogens with zero attached hydrogens (tertiary/aromatic N) is 3. The van der Waals surface area contributed by atoms with Crippen molar-refractivity contribution in [2.75, 3.05) is 45.9 Å². The maximum Gasteiger partial charge on any atom is 0.422 e. The molecule has 41 heavy (non-hydrogen) atoms. The maximum atomic E-state index is 15.3. The van der Waals surface area contributed by atoms with E-state index in [2.05, 4.69) is 31.9 Å². The lowest BCUT2D eigenvalue weighted by Gasteiger charge is -2.26. The van der Waals surface area contributed by atoms with Crippen LogP contribution in [0.3, 0.4) is 0 Å². The summed E-state index contributed by atoms with van der Waals surface area (Å²) in [6.07, 6.45) is 2.43. The van der Waals surface area contributed by atoms with Crippen LogP contribution in [0.1, 0.15) is 43.7 Å². The highest BCUT2D eigenvalue weighted by molar-refractivity contribution is 6.03. The smallest absolute Gasteiger partial charge is 0.422 e. The van der Waals surface area contributed by atoms with Gasteiger partial charge in [0, 0.05) is 31.5 Å². The molecule has 0 bridgehead atoms. The fraction of sp³-hybridized carbons (Fsp3) is 0.467. The van der Waals surface area contributed by atoms with E-state index in [1.54, 1.807) is 50.6 Å². The molecule has 0 atom stereocenters. The number of aliphatic imine (C=N–C) groups is 1.